The largest absolute Gasteiger partial charge is 0.379 e. The van der Waals surface area contributed by atoms with Crippen LogP contribution in [0.15, 0.2) is 18.2 Å². The van der Waals surface area contributed by atoms with E-state index in [1.807, 2.05) is 25.2 Å². The first-order chi connectivity index (χ1) is 11.1. The van der Waals surface area contributed by atoms with Crippen molar-refractivity contribution < 1.29 is 9.53 Å². The molecule has 124 valence electrons. The molecule has 1 saturated heterocycles. The Kier molecular flexibility index (Phi) is 5.15. The number of aromatic nitrogens is 2. The van der Waals surface area contributed by atoms with Gasteiger partial charge in [-0.15, -0.1) is 0 Å². The van der Waals surface area contributed by atoms with Crippen molar-refractivity contribution in [3.63, 3.8) is 0 Å². The summed E-state index contributed by atoms with van der Waals surface area (Å²) in [7, 11) is 1.84. The second kappa shape index (κ2) is 7.29. The quantitative estimate of drug-likeness (QED) is 0.900. The van der Waals surface area contributed by atoms with Crippen LogP contribution in [0.3, 0.4) is 0 Å². The van der Waals surface area contributed by atoms with E-state index in [9.17, 15) is 4.79 Å². The molecule has 1 aliphatic rings. The van der Waals surface area contributed by atoms with Crippen molar-refractivity contribution in [2.24, 2.45) is 0 Å². The molecule has 1 aromatic carbocycles. The molecule has 0 unspecified atom stereocenters. The number of carbonyl (C=O) groups excluding carboxylic acids is 1. The summed E-state index contributed by atoms with van der Waals surface area (Å²) in [6.45, 7) is 4.15. The molecule has 6 nitrogen and oxygen atoms in total. The highest BCUT2D eigenvalue weighted by molar-refractivity contribution is 6.31. The van der Waals surface area contributed by atoms with Crippen molar-refractivity contribution in [1.29, 1.82) is 0 Å². The summed E-state index contributed by atoms with van der Waals surface area (Å²) in [6, 6.07) is 5.58. The van der Waals surface area contributed by atoms with Crippen LogP contribution >= 0.6 is 11.6 Å². The van der Waals surface area contributed by atoms with Crippen LogP contribution in [-0.2, 0) is 16.0 Å². The van der Waals surface area contributed by atoms with Gasteiger partial charge in [0.25, 0.3) is 0 Å². The lowest BCUT2D eigenvalue weighted by Crippen LogP contribution is -2.44. The molecule has 0 aliphatic carbocycles. The van der Waals surface area contributed by atoms with E-state index in [2.05, 4.69) is 14.9 Å². The van der Waals surface area contributed by atoms with Crippen LogP contribution in [0.25, 0.3) is 11.0 Å². The number of hydrogen-bond donors (Lipinski definition) is 1. The summed E-state index contributed by atoms with van der Waals surface area (Å²) in [5, 5.41) is 0.686. The average molecular weight is 337 g/mol. The van der Waals surface area contributed by atoms with E-state index in [1.54, 1.807) is 4.90 Å². The van der Waals surface area contributed by atoms with Gasteiger partial charge in [0.05, 0.1) is 30.8 Å². The number of nitrogens with one attached hydrogen (secondary N) is 1. The third kappa shape index (κ3) is 4.22. The molecule has 23 heavy (non-hydrogen) atoms. The van der Waals surface area contributed by atoms with Gasteiger partial charge in [-0.1, -0.05) is 11.6 Å². The van der Waals surface area contributed by atoms with E-state index in [-0.39, 0.29) is 5.91 Å². The number of likely N-dealkylation sites (N-methyl/N-ethyl adjacent to an activating group) is 1. The number of H-pyrrole nitrogens is 1. The lowest BCUT2D eigenvalue weighted by atomic mass is 10.3. The third-order valence-electron chi connectivity index (χ3n) is 4.07. The normalized spacial score (nSPS) is 15.9. The number of rotatable bonds is 5. The molecule has 0 bridgehead atoms. The van der Waals surface area contributed by atoms with Crippen LogP contribution in [0.2, 0.25) is 5.02 Å². The average Bonchev–Trinajstić information content (AvgIpc) is 2.95. The van der Waals surface area contributed by atoms with Gasteiger partial charge in [0, 0.05) is 38.1 Å². The Labute approximate surface area is 140 Å². The molecule has 1 amide bonds. The van der Waals surface area contributed by atoms with Crippen molar-refractivity contribution in [3.8, 4) is 0 Å². The number of fused-ring (bicyclic) bond motifs is 1. The van der Waals surface area contributed by atoms with Gasteiger partial charge in [-0.25, -0.2) is 4.98 Å². The van der Waals surface area contributed by atoms with Crippen molar-refractivity contribution in [3.05, 3.63) is 29.0 Å². The molecule has 0 radical (unpaired) electrons. The summed E-state index contributed by atoms with van der Waals surface area (Å²) in [6.07, 6.45) is 0.692. The van der Waals surface area contributed by atoms with Gasteiger partial charge in [0.1, 0.15) is 5.82 Å². The number of ether oxygens (including phenoxy) is 1. The zero-order valence-electron chi connectivity index (χ0n) is 13.2. The highest BCUT2D eigenvalue weighted by Crippen LogP contribution is 2.17. The Bertz CT molecular complexity index is 682. The van der Waals surface area contributed by atoms with Crippen molar-refractivity contribution in [2.45, 2.75) is 6.42 Å². The standard InChI is InChI=1S/C16H21ClN4O2/c1-20(16(22)11-21-6-8-23-9-7-21)5-4-15-18-13-3-2-12(17)10-14(13)19-15/h2-3,10H,4-9,11H2,1H3,(H,18,19). The fourth-order valence-corrected chi connectivity index (χ4v) is 2.79. The first kappa shape index (κ1) is 16.2. The van der Waals surface area contributed by atoms with Crippen LogP contribution in [0.1, 0.15) is 5.82 Å². The maximum atomic E-state index is 12.2. The zero-order valence-corrected chi connectivity index (χ0v) is 14.0. The first-order valence-corrected chi connectivity index (χ1v) is 8.18. The highest BCUT2D eigenvalue weighted by Gasteiger charge is 2.17. The third-order valence-corrected chi connectivity index (χ3v) is 4.30. The topological polar surface area (TPSA) is 61.5 Å². The number of imidazole rings is 1. The highest BCUT2D eigenvalue weighted by atomic mass is 35.5. The number of morpholine rings is 1. The van der Waals surface area contributed by atoms with Crippen molar-refractivity contribution >= 4 is 28.5 Å². The van der Waals surface area contributed by atoms with Gasteiger partial charge in [-0.3, -0.25) is 9.69 Å². The van der Waals surface area contributed by atoms with Crippen LogP contribution in [0.4, 0.5) is 0 Å². The van der Waals surface area contributed by atoms with E-state index in [0.29, 0.717) is 37.7 Å². The maximum Gasteiger partial charge on any atom is 0.236 e. The summed E-state index contributed by atoms with van der Waals surface area (Å²) in [5.74, 6) is 0.999. The van der Waals surface area contributed by atoms with Gasteiger partial charge in [-0.2, -0.15) is 0 Å². The van der Waals surface area contributed by atoms with Crippen LogP contribution < -0.4 is 0 Å². The van der Waals surface area contributed by atoms with Crippen molar-refractivity contribution in [1.82, 2.24) is 19.8 Å². The maximum absolute atomic E-state index is 12.2. The minimum Gasteiger partial charge on any atom is -0.379 e. The zero-order chi connectivity index (χ0) is 16.2. The fourth-order valence-electron chi connectivity index (χ4n) is 2.62. The van der Waals surface area contributed by atoms with Gasteiger partial charge in [0.2, 0.25) is 5.91 Å². The summed E-state index contributed by atoms with van der Waals surface area (Å²) in [4.78, 5) is 23.9. The molecule has 1 aliphatic heterocycles. The lowest BCUT2D eigenvalue weighted by Gasteiger charge is -2.28. The number of halogens is 1. The Morgan fingerprint density at radius 2 is 2.22 bits per heavy atom. The minimum atomic E-state index is 0.131. The Balaban J connectivity index is 1.52. The van der Waals surface area contributed by atoms with Gasteiger partial charge in [-0.05, 0) is 18.2 Å². The number of benzene rings is 1. The summed E-state index contributed by atoms with van der Waals surface area (Å²) in [5.41, 5.74) is 1.82. The van der Waals surface area contributed by atoms with E-state index >= 15 is 0 Å². The smallest absolute Gasteiger partial charge is 0.236 e. The summed E-state index contributed by atoms with van der Waals surface area (Å²) >= 11 is 5.98. The SMILES string of the molecule is CN(CCc1nc2ccc(Cl)cc2[nH]1)C(=O)CN1CCOCC1. The Hall–Kier alpha value is -1.63. The van der Waals surface area contributed by atoms with Gasteiger partial charge < -0.3 is 14.6 Å². The van der Waals surface area contributed by atoms with E-state index in [4.69, 9.17) is 16.3 Å². The molecule has 2 heterocycles. The molecule has 0 saturated carbocycles. The molecule has 1 aromatic heterocycles. The predicted molar refractivity (Wildman–Crippen MR) is 89.7 cm³/mol. The second-order valence-electron chi connectivity index (χ2n) is 5.80. The number of aromatic amines is 1. The molecule has 3 rings (SSSR count). The molecule has 7 heteroatoms. The van der Waals surface area contributed by atoms with Crippen LogP contribution in [0, 0.1) is 0 Å². The molecular formula is C16H21ClN4O2. The Morgan fingerprint density at radius 1 is 1.43 bits per heavy atom. The number of amides is 1. The first-order valence-electron chi connectivity index (χ1n) is 7.80. The van der Waals surface area contributed by atoms with Crippen LogP contribution in [-0.4, -0.2) is 72.1 Å². The van der Waals surface area contributed by atoms with Gasteiger partial charge >= 0.3 is 0 Å². The summed E-state index contributed by atoms with van der Waals surface area (Å²) < 4.78 is 5.30. The van der Waals surface area contributed by atoms with E-state index < -0.39 is 0 Å². The predicted octanol–water partition coefficient (Wildman–Crippen LogP) is 1.55. The molecular weight excluding hydrogens is 316 g/mol. The van der Waals surface area contributed by atoms with Crippen LogP contribution in [0.5, 0.6) is 0 Å². The lowest BCUT2D eigenvalue weighted by molar-refractivity contribution is -0.132. The molecule has 0 atom stereocenters. The van der Waals surface area contributed by atoms with E-state index in [1.165, 1.54) is 0 Å². The molecule has 0 spiro atoms. The second-order valence-corrected chi connectivity index (χ2v) is 6.24. The minimum absolute atomic E-state index is 0.131. The molecule has 1 N–H and O–H groups in total. The van der Waals surface area contributed by atoms with E-state index in [0.717, 1.165) is 29.9 Å². The Morgan fingerprint density at radius 3 is 3.00 bits per heavy atom. The molecule has 1 fully saturated rings. The number of carbonyl (C=O) groups is 1. The monoisotopic (exact) mass is 336 g/mol. The van der Waals surface area contributed by atoms with Crippen molar-refractivity contribution in [2.75, 3.05) is 46.4 Å². The fraction of sp³-hybridized carbons (Fsp3) is 0.500. The molecule has 2 aromatic rings. The number of nitrogens with zero attached hydrogens (tertiary/aromatic N) is 3. The number of hydrogen-bond acceptors (Lipinski definition) is 4. The van der Waals surface area contributed by atoms with Gasteiger partial charge in [0.15, 0.2) is 0 Å².